The van der Waals surface area contributed by atoms with E-state index in [1.165, 1.54) is 6.07 Å². The van der Waals surface area contributed by atoms with Gasteiger partial charge in [-0.25, -0.2) is 4.39 Å². The number of benzene rings is 1. The second-order valence-corrected chi connectivity index (χ2v) is 7.72. The van der Waals surface area contributed by atoms with Crippen LogP contribution >= 0.6 is 12.2 Å². The Hall–Kier alpha value is -3.58. The molecule has 0 amide bonds. The third-order valence-corrected chi connectivity index (χ3v) is 5.80. The second kappa shape index (κ2) is 8.28. The van der Waals surface area contributed by atoms with Gasteiger partial charge < -0.3 is 14.8 Å². The molecule has 0 unspecified atom stereocenters. The third-order valence-electron chi connectivity index (χ3n) is 5.45. The fraction of sp³-hybridized carbons (Fsp3) is 0.125. The van der Waals surface area contributed by atoms with Crippen molar-refractivity contribution in [1.82, 2.24) is 24.8 Å². The maximum atomic E-state index is 14.7. The van der Waals surface area contributed by atoms with Crippen LogP contribution in [0.1, 0.15) is 29.2 Å². The van der Waals surface area contributed by atoms with E-state index < -0.39 is 0 Å². The highest BCUT2D eigenvalue weighted by atomic mass is 32.1. The number of nitrogens with one attached hydrogen (secondary N) is 1. The first-order valence-corrected chi connectivity index (χ1v) is 10.4. The molecule has 5 nitrogen and oxygen atoms in total. The summed E-state index contributed by atoms with van der Waals surface area (Å²) in [7, 11) is 0. The molecule has 2 atom stereocenters. The first-order valence-electron chi connectivity index (χ1n) is 10.0. The normalized spacial score (nSPS) is 18.2. The van der Waals surface area contributed by atoms with E-state index in [0.29, 0.717) is 17.3 Å². The number of nitrogens with zero attached hydrogens (tertiary/aromatic N) is 4. The molecule has 4 heterocycles. The molecular weight excluding hydrogens is 409 g/mol. The number of pyridine rings is 2. The zero-order valence-corrected chi connectivity index (χ0v) is 17.4. The lowest BCUT2D eigenvalue weighted by molar-refractivity contribution is 0.299. The van der Waals surface area contributed by atoms with Crippen LogP contribution in [0.25, 0.3) is 5.69 Å². The monoisotopic (exact) mass is 429 g/mol. The van der Waals surface area contributed by atoms with Crippen LogP contribution < -0.4 is 5.32 Å². The van der Waals surface area contributed by atoms with Gasteiger partial charge in [0, 0.05) is 24.3 Å². The Morgan fingerprint density at radius 3 is 2.42 bits per heavy atom. The molecule has 1 N–H and O–H groups in total. The molecule has 0 aliphatic carbocycles. The Bertz CT molecular complexity index is 1190. The van der Waals surface area contributed by atoms with Gasteiger partial charge in [0.25, 0.3) is 0 Å². The minimum atomic E-state index is -0.279. The summed E-state index contributed by atoms with van der Waals surface area (Å²) in [5, 5.41) is 4.05. The molecule has 0 spiro atoms. The van der Waals surface area contributed by atoms with Crippen molar-refractivity contribution in [3.05, 3.63) is 114 Å². The highest BCUT2D eigenvalue weighted by molar-refractivity contribution is 7.80. The topological polar surface area (TPSA) is 46.0 Å². The van der Waals surface area contributed by atoms with Gasteiger partial charge in [-0.05, 0) is 60.7 Å². The lowest BCUT2D eigenvalue weighted by Crippen LogP contribution is -2.30. The van der Waals surface area contributed by atoms with Gasteiger partial charge in [0.2, 0.25) is 0 Å². The molecule has 1 fully saturated rings. The van der Waals surface area contributed by atoms with Gasteiger partial charge in [0.1, 0.15) is 5.82 Å². The smallest absolute Gasteiger partial charge is 0.170 e. The average Bonchev–Trinajstić information content (AvgIpc) is 3.40. The van der Waals surface area contributed by atoms with E-state index in [2.05, 4.69) is 20.2 Å². The molecule has 7 heteroatoms. The standard InChI is InChI=1S/C24H20FN5S/c25-18-9-1-2-11-20(18)29-15-7-12-21(29)23-22(19-10-4-6-14-27-19)28-24(31)30(23)16-17-8-3-5-13-26-17/h1-15,22-23H,16H2,(H,28,31)/t22-,23+/m0/s1. The molecule has 0 bridgehead atoms. The predicted octanol–water partition coefficient (Wildman–Crippen LogP) is 4.58. The molecule has 1 saturated heterocycles. The van der Waals surface area contributed by atoms with Crippen molar-refractivity contribution in [1.29, 1.82) is 0 Å². The van der Waals surface area contributed by atoms with E-state index in [4.69, 9.17) is 12.2 Å². The van der Waals surface area contributed by atoms with Gasteiger partial charge in [-0.15, -0.1) is 0 Å². The molecule has 1 aliphatic heterocycles. The lowest BCUT2D eigenvalue weighted by atomic mass is 10.0. The summed E-state index contributed by atoms with van der Waals surface area (Å²) in [4.78, 5) is 11.1. The van der Waals surface area contributed by atoms with Crippen LogP contribution in [0.4, 0.5) is 4.39 Å². The van der Waals surface area contributed by atoms with E-state index in [9.17, 15) is 4.39 Å². The minimum Gasteiger partial charge on any atom is -0.352 e. The van der Waals surface area contributed by atoms with Crippen molar-refractivity contribution in [2.75, 3.05) is 0 Å². The van der Waals surface area contributed by atoms with E-state index in [0.717, 1.165) is 17.1 Å². The van der Waals surface area contributed by atoms with E-state index in [1.54, 1.807) is 24.5 Å². The van der Waals surface area contributed by atoms with Crippen LogP contribution in [0.3, 0.4) is 0 Å². The van der Waals surface area contributed by atoms with Crippen LogP contribution in [0.5, 0.6) is 0 Å². The SMILES string of the molecule is Fc1ccccc1-n1cccc1[C@@H]1[C@H](c2ccccn2)NC(=S)N1Cc1ccccn1. The van der Waals surface area contributed by atoms with Crippen LogP contribution in [-0.2, 0) is 6.54 Å². The number of para-hydroxylation sites is 1. The molecule has 31 heavy (non-hydrogen) atoms. The predicted molar refractivity (Wildman–Crippen MR) is 121 cm³/mol. The first-order chi connectivity index (χ1) is 15.2. The van der Waals surface area contributed by atoms with Gasteiger partial charge >= 0.3 is 0 Å². The maximum Gasteiger partial charge on any atom is 0.170 e. The van der Waals surface area contributed by atoms with Crippen LogP contribution in [0.15, 0.2) is 91.4 Å². The fourth-order valence-corrected chi connectivity index (χ4v) is 4.37. The molecule has 1 aromatic carbocycles. The third kappa shape index (κ3) is 3.68. The summed E-state index contributed by atoms with van der Waals surface area (Å²) in [6, 6.07) is 22.0. The number of thiocarbonyl (C=S) groups is 1. The van der Waals surface area contributed by atoms with Crippen LogP contribution in [-0.4, -0.2) is 24.5 Å². The number of halogens is 1. The van der Waals surface area contributed by atoms with E-state index >= 15 is 0 Å². The first kappa shape index (κ1) is 19.4. The highest BCUT2D eigenvalue weighted by Crippen LogP contribution is 2.40. The zero-order chi connectivity index (χ0) is 21.2. The van der Waals surface area contributed by atoms with Gasteiger partial charge in [0.15, 0.2) is 5.11 Å². The molecular formula is C24H20FN5S. The lowest BCUT2D eigenvalue weighted by Gasteiger charge is -2.28. The van der Waals surface area contributed by atoms with Gasteiger partial charge in [-0.1, -0.05) is 24.3 Å². The number of rotatable bonds is 5. The Kier molecular flexibility index (Phi) is 5.18. The average molecular weight is 430 g/mol. The molecule has 0 radical (unpaired) electrons. The number of hydrogen-bond donors (Lipinski definition) is 1. The maximum absolute atomic E-state index is 14.7. The second-order valence-electron chi connectivity index (χ2n) is 7.33. The Morgan fingerprint density at radius 2 is 1.68 bits per heavy atom. The summed E-state index contributed by atoms with van der Waals surface area (Å²) >= 11 is 5.73. The van der Waals surface area contributed by atoms with Crippen molar-refractivity contribution in [2.24, 2.45) is 0 Å². The van der Waals surface area contributed by atoms with E-state index in [-0.39, 0.29) is 17.9 Å². The van der Waals surface area contributed by atoms with Crippen LogP contribution in [0, 0.1) is 5.82 Å². The molecule has 4 aromatic rings. The Labute approximate surface area is 185 Å². The largest absolute Gasteiger partial charge is 0.352 e. The van der Waals surface area contributed by atoms with Crippen molar-refractivity contribution in [3.63, 3.8) is 0 Å². The molecule has 1 aliphatic rings. The Morgan fingerprint density at radius 1 is 0.903 bits per heavy atom. The van der Waals surface area contributed by atoms with Crippen molar-refractivity contribution >= 4 is 17.3 Å². The summed E-state index contributed by atoms with van der Waals surface area (Å²) in [6.07, 6.45) is 5.42. The quantitative estimate of drug-likeness (QED) is 0.471. The summed E-state index contributed by atoms with van der Waals surface area (Å²) in [5.74, 6) is -0.279. The Balaban J connectivity index is 1.62. The zero-order valence-electron chi connectivity index (χ0n) is 16.6. The number of hydrogen-bond acceptors (Lipinski definition) is 3. The molecule has 3 aromatic heterocycles. The molecule has 0 saturated carbocycles. The molecule has 5 rings (SSSR count). The molecule has 154 valence electrons. The highest BCUT2D eigenvalue weighted by Gasteiger charge is 2.41. The van der Waals surface area contributed by atoms with E-state index in [1.807, 2.05) is 65.4 Å². The minimum absolute atomic E-state index is 0.183. The van der Waals surface area contributed by atoms with Crippen molar-refractivity contribution in [3.8, 4) is 5.69 Å². The summed E-state index contributed by atoms with van der Waals surface area (Å²) < 4.78 is 16.5. The summed E-state index contributed by atoms with van der Waals surface area (Å²) in [6.45, 7) is 0.531. The van der Waals surface area contributed by atoms with Crippen molar-refractivity contribution < 1.29 is 4.39 Å². The van der Waals surface area contributed by atoms with Crippen LogP contribution in [0.2, 0.25) is 0 Å². The summed E-state index contributed by atoms with van der Waals surface area (Å²) in [5.41, 5.74) is 3.20. The van der Waals surface area contributed by atoms with Crippen molar-refractivity contribution in [2.45, 2.75) is 18.6 Å². The fourth-order valence-electron chi connectivity index (χ4n) is 4.07. The van der Waals surface area contributed by atoms with Gasteiger partial charge in [-0.3, -0.25) is 9.97 Å². The number of aromatic nitrogens is 3. The van der Waals surface area contributed by atoms with Gasteiger partial charge in [0.05, 0.1) is 35.7 Å². The van der Waals surface area contributed by atoms with Gasteiger partial charge in [-0.2, -0.15) is 0 Å².